The maximum atomic E-state index is 12.5. The molecule has 0 aliphatic carbocycles. The Kier molecular flexibility index (Phi) is 7.19. The third-order valence-corrected chi connectivity index (χ3v) is 5.08. The highest BCUT2D eigenvalue weighted by molar-refractivity contribution is 5.94. The molecule has 2 aromatic heterocycles. The van der Waals surface area contributed by atoms with Crippen LogP contribution in [0.3, 0.4) is 0 Å². The Morgan fingerprint density at radius 3 is 2.72 bits per heavy atom. The number of H-pyrrole nitrogens is 1. The van der Waals surface area contributed by atoms with Crippen molar-refractivity contribution in [3.63, 3.8) is 0 Å². The van der Waals surface area contributed by atoms with Gasteiger partial charge in [0, 0.05) is 11.1 Å². The normalized spacial score (nSPS) is 11.9. The number of aromatic nitrogens is 4. The van der Waals surface area contributed by atoms with E-state index >= 15 is 0 Å². The molecule has 0 saturated heterocycles. The van der Waals surface area contributed by atoms with E-state index in [2.05, 4.69) is 50.8 Å². The molecule has 1 aromatic carbocycles. The van der Waals surface area contributed by atoms with E-state index in [9.17, 15) is 4.79 Å². The minimum absolute atomic E-state index is 0.330. The molecule has 0 radical (unpaired) electrons. The molecule has 0 bridgehead atoms. The number of benzene rings is 1. The maximum Gasteiger partial charge on any atom is 0.289 e. The highest BCUT2D eigenvalue weighted by Gasteiger charge is 2.13. The lowest BCUT2D eigenvalue weighted by Crippen LogP contribution is -2.18. The van der Waals surface area contributed by atoms with Crippen molar-refractivity contribution < 1.29 is 4.79 Å². The molecule has 7 nitrogen and oxygen atoms in total. The quantitative estimate of drug-likeness (QED) is 0.256. The van der Waals surface area contributed by atoms with E-state index < -0.39 is 0 Å². The molecule has 0 saturated carbocycles. The summed E-state index contributed by atoms with van der Waals surface area (Å²) >= 11 is 0. The van der Waals surface area contributed by atoms with Crippen LogP contribution in [-0.4, -0.2) is 32.1 Å². The van der Waals surface area contributed by atoms with E-state index in [1.165, 1.54) is 5.56 Å². The van der Waals surface area contributed by atoms with Gasteiger partial charge >= 0.3 is 0 Å². The van der Waals surface area contributed by atoms with Crippen LogP contribution in [0.25, 0.3) is 17.0 Å². The molecule has 0 aliphatic rings. The first kappa shape index (κ1) is 22.5. The van der Waals surface area contributed by atoms with Crippen molar-refractivity contribution in [2.45, 2.75) is 34.1 Å². The molecule has 1 amide bonds. The van der Waals surface area contributed by atoms with Crippen LogP contribution in [0, 0.1) is 26.2 Å². The van der Waals surface area contributed by atoms with Gasteiger partial charge in [-0.15, -0.1) is 6.42 Å². The predicted octanol–water partition coefficient (Wildman–Crippen LogP) is 4.27. The van der Waals surface area contributed by atoms with Gasteiger partial charge in [-0.25, -0.2) is 10.1 Å². The average molecular weight is 427 g/mol. The summed E-state index contributed by atoms with van der Waals surface area (Å²) in [6.07, 6.45) is 13.2. The van der Waals surface area contributed by atoms with E-state index in [4.69, 9.17) is 6.42 Å². The molecule has 0 atom stereocenters. The molecule has 3 rings (SSSR count). The number of terminal acetylenes is 1. The molecule has 3 aromatic rings. The Hall–Kier alpha value is -4.18. The van der Waals surface area contributed by atoms with Gasteiger partial charge in [0.15, 0.2) is 0 Å². The summed E-state index contributed by atoms with van der Waals surface area (Å²) in [4.78, 5) is 12.5. The van der Waals surface area contributed by atoms with Gasteiger partial charge in [-0.2, -0.15) is 15.3 Å². The Labute approximate surface area is 187 Å². The number of aryl methyl sites for hydroxylation is 2. The minimum atomic E-state index is -0.376. The van der Waals surface area contributed by atoms with Gasteiger partial charge in [-0.05, 0) is 51.0 Å². The first-order valence-corrected chi connectivity index (χ1v) is 10.3. The van der Waals surface area contributed by atoms with E-state index in [0.29, 0.717) is 11.4 Å². The first-order valence-electron chi connectivity index (χ1n) is 10.3. The predicted molar refractivity (Wildman–Crippen MR) is 128 cm³/mol. The third-order valence-electron chi connectivity index (χ3n) is 5.08. The van der Waals surface area contributed by atoms with Crippen molar-refractivity contribution in [2.24, 2.45) is 5.10 Å². The van der Waals surface area contributed by atoms with Crippen molar-refractivity contribution in [2.75, 3.05) is 0 Å². The molecule has 0 spiro atoms. The fourth-order valence-electron chi connectivity index (χ4n) is 3.23. The number of nitrogens with zero attached hydrogens (tertiary/aromatic N) is 4. The maximum absolute atomic E-state index is 12.5. The van der Waals surface area contributed by atoms with E-state index in [1.807, 2.05) is 45.1 Å². The summed E-state index contributed by atoms with van der Waals surface area (Å²) in [5.74, 6) is 2.10. The molecule has 162 valence electrons. The highest BCUT2D eigenvalue weighted by Crippen LogP contribution is 2.19. The number of allylic oxidation sites excluding steroid dienone is 4. The summed E-state index contributed by atoms with van der Waals surface area (Å²) in [6, 6.07) is 9.81. The van der Waals surface area contributed by atoms with Crippen LogP contribution < -0.4 is 5.43 Å². The van der Waals surface area contributed by atoms with Gasteiger partial charge in [0.05, 0.1) is 29.0 Å². The van der Waals surface area contributed by atoms with Gasteiger partial charge in [0.2, 0.25) is 0 Å². The van der Waals surface area contributed by atoms with Gasteiger partial charge in [0.25, 0.3) is 5.91 Å². The van der Waals surface area contributed by atoms with Crippen LogP contribution in [-0.2, 0) is 6.42 Å². The zero-order chi connectivity index (χ0) is 23.1. The lowest BCUT2D eigenvalue weighted by molar-refractivity contribution is 0.0950. The number of nitrogens with one attached hydrogen (secondary N) is 2. The number of hydrogen-bond acceptors (Lipinski definition) is 4. The van der Waals surface area contributed by atoms with Crippen LogP contribution in [0.1, 0.15) is 46.9 Å². The smallest absolute Gasteiger partial charge is 0.272 e. The summed E-state index contributed by atoms with van der Waals surface area (Å²) in [6.45, 7) is 7.84. The Balaban J connectivity index is 1.71. The third kappa shape index (κ3) is 4.93. The minimum Gasteiger partial charge on any atom is -0.272 e. The Morgan fingerprint density at radius 2 is 2.06 bits per heavy atom. The summed E-state index contributed by atoms with van der Waals surface area (Å²) < 4.78 is 1.79. The van der Waals surface area contributed by atoms with Crippen molar-refractivity contribution in [3.8, 4) is 23.6 Å². The summed E-state index contributed by atoms with van der Waals surface area (Å²) in [7, 11) is 0. The standard InChI is InChI=1S/C25H26N6O/c1-6-9-10-21(8-3)31-18(5)22(17(4)30-31)16-26-29-25(32)24-15-23(27-28-24)20-13-11-19(7-2)12-14-20/h1,8-16H,7H2,2-5H3,(H,27,28)(H,29,32)/b10-9-,21-8+,26-16+. The topological polar surface area (TPSA) is 88.0 Å². The van der Waals surface area contributed by atoms with Gasteiger partial charge in [-0.3, -0.25) is 9.89 Å². The SMILES string of the molecule is C#C/C=C\C(=C/C)n1nc(C)c(/C=N/NC(=O)c2cc(-c3ccc(CC)cc3)n[nH]2)c1C. The van der Waals surface area contributed by atoms with E-state index in [-0.39, 0.29) is 5.91 Å². The zero-order valence-electron chi connectivity index (χ0n) is 18.7. The molecule has 0 aliphatic heterocycles. The number of carbonyl (C=O) groups is 1. The van der Waals surface area contributed by atoms with Crippen LogP contribution in [0.5, 0.6) is 0 Å². The average Bonchev–Trinajstić information content (AvgIpc) is 3.41. The van der Waals surface area contributed by atoms with Crippen molar-refractivity contribution >= 4 is 17.8 Å². The van der Waals surface area contributed by atoms with Crippen LogP contribution >= 0.6 is 0 Å². The van der Waals surface area contributed by atoms with Gasteiger partial charge in [0.1, 0.15) is 5.69 Å². The largest absolute Gasteiger partial charge is 0.289 e. The summed E-state index contributed by atoms with van der Waals surface area (Å²) in [5.41, 5.74) is 9.10. The number of aromatic amines is 1. The Morgan fingerprint density at radius 1 is 1.31 bits per heavy atom. The van der Waals surface area contributed by atoms with Crippen LogP contribution in [0.15, 0.2) is 53.7 Å². The lowest BCUT2D eigenvalue weighted by atomic mass is 10.1. The second-order valence-electron chi connectivity index (χ2n) is 7.13. The molecule has 0 fully saturated rings. The van der Waals surface area contributed by atoms with Crippen molar-refractivity contribution in [1.82, 2.24) is 25.4 Å². The van der Waals surface area contributed by atoms with Crippen LogP contribution in [0.4, 0.5) is 0 Å². The molecule has 7 heteroatoms. The lowest BCUT2D eigenvalue weighted by Gasteiger charge is -2.04. The second kappa shape index (κ2) is 10.2. The van der Waals surface area contributed by atoms with E-state index in [1.54, 1.807) is 23.0 Å². The second-order valence-corrected chi connectivity index (χ2v) is 7.13. The van der Waals surface area contributed by atoms with Gasteiger partial charge < -0.3 is 0 Å². The molecule has 0 unspecified atom stereocenters. The van der Waals surface area contributed by atoms with Crippen molar-refractivity contribution in [1.29, 1.82) is 0 Å². The van der Waals surface area contributed by atoms with Gasteiger partial charge in [-0.1, -0.05) is 43.2 Å². The monoisotopic (exact) mass is 426 g/mol. The summed E-state index contributed by atoms with van der Waals surface area (Å²) in [5, 5.41) is 15.7. The number of hydrogen-bond donors (Lipinski definition) is 2. The highest BCUT2D eigenvalue weighted by atomic mass is 16.2. The molecule has 2 heterocycles. The van der Waals surface area contributed by atoms with Crippen molar-refractivity contribution in [3.05, 3.63) is 76.8 Å². The molecule has 2 N–H and O–H groups in total. The number of carbonyl (C=O) groups excluding carboxylic acids is 1. The first-order chi connectivity index (χ1) is 15.5. The fraction of sp³-hybridized carbons (Fsp3) is 0.200. The molecular formula is C25H26N6O. The fourth-order valence-corrected chi connectivity index (χ4v) is 3.23. The molecule has 32 heavy (non-hydrogen) atoms. The Bertz CT molecular complexity index is 1230. The van der Waals surface area contributed by atoms with Crippen LogP contribution in [0.2, 0.25) is 0 Å². The number of hydrazone groups is 1. The zero-order valence-corrected chi connectivity index (χ0v) is 18.7. The number of amides is 1. The van der Waals surface area contributed by atoms with E-state index in [0.717, 1.165) is 34.6 Å². The molecular weight excluding hydrogens is 400 g/mol. The number of rotatable bonds is 7.